The number of hydrogen-bond donors (Lipinski definition) is 1. The van der Waals surface area contributed by atoms with E-state index in [1.807, 2.05) is 24.3 Å². The molecule has 0 fully saturated rings. The normalized spacial score (nSPS) is 11.3. The molecule has 0 aromatic heterocycles. The first kappa shape index (κ1) is 17.4. The van der Waals surface area contributed by atoms with Gasteiger partial charge in [-0.2, -0.15) is 0 Å². The molecule has 0 amide bonds. The maximum atomic E-state index is 11.1. The van der Waals surface area contributed by atoms with Crippen LogP contribution in [0.1, 0.15) is 36.7 Å². The van der Waals surface area contributed by atoms with Crippen LogP contribution in [0.4, 0.5) is 0 Å². The molecule has 0 saturated heterocycles. The maximum absolute atomic E-state index is 11.1. The molecule has 122 valence electrons. The van der Waals surface area contributed by atoms with Crippen LogP contribution in [0.5, 0.6) is 5.75 Å². The highest BCUT2D eigenvalue weighted by molar-refractivity contribution is 7.99. The van der Waals surface area contributed by atoms with Crippen molar-refractivity contribution in [1.82, 2.24) is 0 Å². The molecular formula is C19H22O3S. The predicted octanol–water partition coefficient (Wildman–Crippen LogP) is 4.85. The third kappa shape index (κ3) is 5.03. The van der Waals surface area contributed by atoms with Gasteiger partial charge >= 0.3 is 5.97 Å². The Hall–Kier alpha value is -1.94. The van der Waals surface area contributed by atoms with E-state index >= 15 is 0 Å². The molecule has 0 heterocycles. The summed E-state index contributed by atoms with van der Waals surface area (Å²) in [5.74, 6) is 0.641. The van der Waals surface area contributed by atoms with Gasteiger partial charge in [0.1, 0.15) is 5.75 Å². The second-order valence-electron chi connectivity index (χ2n) is 6.27. The molecule has 23 heavy (non-hydrogen) atoms. The smallest absolute Gasteiger partial charge is 0.336 e. The Labute approximate surface area is 141 Å². The van der Waals surface area contributed by atoms with Crippen molar-refractivity contribution in [2.24, 2.45) is 0 Å². The van der Waals surface area contributed by atoms with E-state index in [9.17, 15) is 4.79 Å². The molecule has 0 unspecified atom stereocenters. The van der Waals surface area contributed by atoms with Gasteiger partial charge < -0.3 is 9.84 Å². The first-order valence-corrected chi connectivity index (χ1v) is 8.55. The molecule has 0 atom stereocenters. The van der Waals surface area contributed by atoms with Crippen molar-refractivity contribution < 1.29 is 14.6 Å². The van der Waals surface area contributed by atoms with E-state index in [4.69, 9.17) is 9.84 Å². The monoisotopic (exact) mass is 330 g/mol. The van der Waals surface area contributed by atoms with Crippen molar-refractivity contribution in [2.45, 2.75) is 31.1 Å². The summed E-state index contributed by atoms with van der Waals surface area (Å²) in [7, 11) is 0. The average molecular weight is 330 g/mol. The molecule has 0 saturated carbocycles. The Kier molecular flexibility index (Phi) is 5.72. The minimum Gasteiger partial charge on any atom is -0.493 e. The summed E-state index contributed by atoms with van der Waals surface area (Å²) in [6, 6.07) is 15.2. The lowest BCUT2D eigenvalue weighted by molar-refractivity contribution is 0.0693. The van der Waals surface area contributed by atoms with Gasteiger partial charge in [0.25, 0.3) is 0 Å². The Bertz CT molecular complexity index is 657. The zero-order valence-electron chi connectivity index (χ0n) is 13.7. The van der Waals surface area contributed by atoms with Gasteiger partial charge in [0.2, 0.25) is 0 Å². The van der Waals surface area contributed by atoms with Crippen LogP contribution >= 0.6 is 11.8 Å². The largest absolute Gasteiger partial charge is 0.493 e. The fourth-order valence-corrected chi connectivity index (χ4v) is 3.00. The number of hydrogen-bond acceptors (Lipinski definition) is 3. The summed E-state index contributed by atoms with van der Waals surface area (Å²) in [5, 5.41) is 9.15. The Balaban J connectivity index is 1.85. The lowest BCUT2D eigenvalue weighted by atomic mass is 9.87. The molecule has 2 rings (SSSR count). The summed E-state index contributed by atoms with van der Waals surface area (Å²) in [5.41, 5.74) is 1.75. The van der Waals surface area contributed by atoms with Crippen LogP contribution in [0.3, 0.4) is 0 Å². The van der Waals surface area contributed by atoms with E-state index in [1.165, 1.54) is 17.3 Å². The van der Waals surface area contributed by atoms with Crippen molar-refractivity contribution in [3.8, 4) is 5.75 Å². The van der Waals surface area contributed by atoms with Gasteiger partial charge in [-0.3, -0.25) is 0 Å². The van der Waals surface area contributed by atoms with Gasteiger partial charge in [-0.25, -0.2) is 4.79 Å². The number of thioether (sulfide) groups is 1. The standard InChI is InChI=1S/C19H22O3S/c1-19(2,3)14-8-10-15(11-9-14)22-12-13-23-17-7-5-4-6-16(17)18(20)21/h4-11H,12-13H2,1-3H3,(H,20,21). The molecule has 4 heteroatoms. The first-order valence-electron chi connectivity index (χ1n) is 7.56. The topological polar surface area (TPSA) is 46.5 Å². The van der Waals surface area contributed by atoms with Crippen LogP contribution in [0.2, 0.25) is 0 Å². The average Bonchev–Trinajstić information content (AvgIpc) is 2.51. The highest BCUT2D eigenvalue weighted by atomic mass is 32.2. The van der Waals surface area contributed by atoms with E-state index in [2.05, 4.69) is 32.9 Å². The lowest BCUT2D eigenvalue weighted by Crippen LogP contribution is -2.10. The molecule has 0 bridgehead atoms. The van der Waals surface area contributed by atoms with Crippen LogP contribution in [0.25, 0.3) is 0 Å². The molecule has 0 aliphatic rings. The number of aromatic carboxylic acids is 1. The zero-order chi connectivity index (χ0) is 16.9. The molecule has 2 aromatic carbocycles. The van der Waals surface area contributed by atoms with Crippen molar-refractivity contribution in [1.29, 1.82) is 0 Å². The van der Waals surface area contributed by atoms with Gasteiger partial charge in [0, 0.05) is 10.6 Å². The predicted molar refractivity (Wildman–Crippen MR) is 94.8 cm³/mol. The molecular weight excluding hydrogens is 308 g/mol. The van der Waals surface area contributed by atoms with E-state index in [0.717, 1.165) is 10.6 Å². The van der Waals surface area contributed by atoms with Gasteiger partial charge in [-0.1, -0.05) is 45.0 Å². The van der Waals surface area contributed by atoms with Crippen LogP contribution in [-0.4, -0.2) is 23.4 Å². The number of carboxylic acids is 1. The van der Waals surface area contributed by atoms with E-state index < -0.39 is 5.97 Å². The fraction of sp³-hybridized carbons (Fsp3) is 0.316. The lowest BCUT2D eigenvalue weighted by Gasteiger charge is -2.19. The molecule has 1 N–H and O–H groups in total. The molecule has 2 aromatic rings. The zero-order valence-corrected chi connectivity index (χ0v) is 14.5. The second kappa shape index (κ2) is 7.55. The highest BCUT2D eigenvalue weighted by Gasteiger charge is 2.13. The molecule has 3 nitrogen and oxygen atoms in total. The molecule has 0 aliphatic heterocycles. The van der Waals surface area contributed by atoms with Crippen molar-refractivity contribution in [2.75, 3.05) is 12.4 Å². The first-order chi connectivity index (χ1) is 10.9. The summed E-state index contributed by atoms with van der Waals surface area (Å²) < 4.78 is 5.73. The maximum Gasteiger partial charge on any atom is 0.336 e. The van der Waals surface area contributed by atoms with E-state index in [0.29, 0.717) is 17.9 Å². The molecule has 0 radical (unpaired) electrons. The number of benzene rings is 2. The van der Waals surface area contributed by atoms with Crippen LogP contribution in [0, 0.1) is 0 Å². The molecule has 0 aliphatic carbocycles. The summed E-state index contributed by atoms with van der Waals surface area (Å²) in [6.45, 7) is 7.08. The molecule has 0 spiro atoms. The summed E-state index contributed by atoms with van der Waals surface area (Å²) >= 11 is 1.50. The van der Waals surface area contributed by atoms with Crippen molar-refractivity contribution in [3.63, 3.8) is 0 Å². The van der Waals surface area contributed by atoms with Crippen molar-refractivity contribution in [3.05, 3.63) is 59.7 Å². The van der Waals surface area contributed by atoms with Gasteiger partial charge in [0.05, 0.1) is 12.2 Å². The van der Waals surface area contributed by atoms with Gasteiger partial charge in [0.15, 0.2) is 0 Å². The second-order valence-corrected chi connectivity index (χ2v) is 7.41. The number of carboxylic acid groups (broad SMARTS) is 1. The quantitative estimate of drug-likeness (QED) is 0.607. The Morgan fingerprint density at radius 3 is 2.35 bits per heavy atom. The SMILES string of the molecule is CC(C)(C)c1ccc(OCCSc2ccccc2C(=O)O)cc1. The fourth-order valence-electron chi connectivity index (χ4n) is 2.13. The number of ether oxygens (including phenoxy) is 1. The Morgan fingerprint density at radius 2 is 1.74 bits per heavy atom. The Morgan fingerprint density at radius 1 is 1.09 bits per heavy atom. The van der Waals surface area contributed by atoms with E-state index in [1.54, 1.807) is 12.1 Å². The van der Waals surface area contributed by atoms with Crippen LogP contribution < -0.4 is 4.74 Å². The third-order valence-corrected chi connectivity index (χ3v) is 4.49. The number of rotatable bonds is 6. The van der Waals surface area contributed by atoms with E-state index in [-0.39, 0.29) is 5.41 Å². The minimum atomic E-state index is -0.896. The van der Waals surface area contributed by atoms with Crippen LogP contribution in [0.15, 0.2) is 53.4 Å². The minimum absolute atomic E-state index is 0.134. The summed E-state index contributed by atoms with van der Waals surface area (Å²) in [4.78, 5) is 11.9. The third-order valence-electron chi connectivity index (χ3n) is 3.45. The van der Waals surface area contributed by atoms with Gasteiger partial charge in [-0.05, 0) is 35.2 Å². The van der Waals surface area contributed by atoms with Crippen molar-refractivity contribution >= 4 is 17.7 Å². The highest BCUT2D eigenvalue weighted by Crippen LogP contribution is 2.25. The summed E-state index contributed by atoms with van der Waals surface area (Å²) in [6.07, 6.45) is 0. The number of carbonyl (C=O) groups is 1. The van der Waals surface area contributed by atoms with Crippen LogP contribution in [-0.2, 0) is 5.41 Å². The van der Waals surface area contributed by atoms with Gasteiger partial charge in [-0.15, -0.1) is 11.8 Å².